The molecule has 2 heterocycles. The minimum absolute atomic E-state index is 0.0832. The summed E-state index contributed by atoms with van der Waals surface area (Å²) in [4.78, 5) is 14.3. The van der Waals surface area contributed by atoms with Gasteiger partial charge in [-0.15, -0.1) is 5.10 Å². The highest BCUT2D eigenvalue weighted by Gasteiger charge is 2.30. The third kappa shape index (κ3) is 3.97. The highest BCUT2D eigenvalue weighted by atomic mass is 16.3. The quantitative estimate of drug-likeness (QED) is 0.878. The van der Waals surface area contributed by atoms with Gasteiger partial charge in [-0.3, -0.25) is 4.79 Å². The van der Waals surface area contributed by atoms with Gasteiger partial charge in [0, 0.05) is 25.4 Å². The number of aromatic nitrogens is 4. The first-order chi connectivity index (χ1) is 11.6. The Labute approximate surface area is 141 Å². The summed E-state index contributed by atoms with van der Waals surface area (Å²) in [7, 11) is 0. The molecular weight excluding hydrogens is 306 g/mol. The Kier molecular flexibility index (Phi) is 5.20. The average molecular weight is 329 g/mol. The highest BCUT2D eigenvalue weighted by molar-refractivity contribution is 5.76. The largest absolute Gasteiger partial charge is 0.393 e. The van der Waals surface area contributed by atoms with Crippen LogP contribution in [0.15, 0.2) is 30.3 Å². The fraction of sp³-hybridized carbons (Fsp3) is 0.529. The number of carbonyl (C=O) groups is 1. The molecule has 3 rings (SSSR count). The maximum absolute atomic E-state index is 12.5. The zero-order chi connectivity index (χ0) is 16.9. The first kappa shape index (κ1) is 16.6. The smallest absolute Gasteiger partial charge is 0.224 e. The van der Waals surface area contributed by atoms with Crippen LogP contribution in [0.5, 0.6) is 0 Å². The second-order valence-corrected chi connectivity index (χ2v) is 6.34. The van der Waals surface area contributed by atoms with Crippen LogP contribution < -0.4 is 0 Å². The number of nitrogens with zero attached hydrogens (tertiary/aromatic N) is 5. The summed E-state index contributed by atoms with van der Waals surface area (Å²) < 4.78 is 1.64. The van der Waals surface area contributed by atoms with Gasteiger partial charge >= 0.3 is 0 Å². The SMILES string of the molecule is Cc1nnnn1CCC(=O)N1CC[C@H](O)[C@H](Cc2ccccc2)C1. The van der Waals surface area contributed by atoms with Crippen LogP contribution in [0.25, 0.3) is 0 Å². The van der Waals surface area contributed by atoms with E-state index >= 15 is 0 Å². The number of aryl methyl sites for hydroxylation is 2. The highest BCUT2D eigenvalue weighted by Crippen LogP contribution is 2.22. The standard InChI is InChI=1S/C17H23N5O2/c1-13-18-19-20-22(13)10-8-17(24)21-9-7-16(23)15(12-21)11-14-5-3-2-4-6-14/h2-6,15-16,23H,7-12H2,1H3/t15-,16+/m1/s1. The number of amides is 1. The fourth-order valence-electron chi connectivity index (χ4n) is 3.18. The van der Waals surface area contributed by atoms with E-state index in [2.05, 4.69) is 27.7 Å². The van der Waals surface area contributed by atoms with Gasteiger partial charge in [-0.2, -0.15) is 0 Å². The Morgan fingerprint density at radius 3 is 2.83 bits per heavy atom. The first-order valence-corrected chi connectivity index (χ1v) is 8.36. The molecule has 24 heavy (non-hydrogen) atoms. The Bertz CT molecular complexity index is 673. The monoisotopic (exact) mass is 329 g/mol. The van der Waals surface area contributed by atoms with Crippen LogP contribution in [0.1, 0.15) is 24.2 Å². The third-order valence-electron chi connectivity index (χ3n) is 4.64. The van der Waals surface area contributed by atoms with E-state index in [0.717, 1.165) is 6.42 Å². The van der Waals surface area contributed by atoms with E-state index < -0.39 is 0 Å². The number of aliphatic hydroxyl groups excluding tert-OH is 1. The second-order valence-electron chi connectivity index (χ2n) is 6.34. The maximum Gasteiger partial charge on any atom is 0.224 e. The number of rotatable bonds is 5. The number of piperidine rings is 1. The molecule has 0 unspecified atom stereocenters. The number of carbonyl (C=O) groups excluding carboxylic acids is 1. The summed E-state index contributed by atoms with van der Waals surface area (Å²) in [6.45, 7) is 3.51. The minimum Gasteiger partial charge on any atom is -0.393 e. The van der Waals surface area contributed by atoms with Crippen LogP contribution >= 0.6 is 0 Å². The van der Waals surface area contributed by atoms with Crippen LogP contribution in [-0.2, 0) is 17.8 Å². The summed E-state index contributed by atoms with van der Waals surface area (Å²) in [5.74, 6) is 0.883. The lowest BCUT2D eigenvalue weighted by molar-refractivity contribution is -0.135. The predicted molar refractivity (Wildman–Crippen MR) is 88.0 cm³/mol. The molecule has 1 fully saturated rings. The molecular formula is C17H23N5O2. The van der Waals surface area contributed by atoms with Crippen molar-refractivity contribution < 1.29 is 9.90 Å². The lowest BCUT2D eigenvalue weighted by Gasteiger charge is -2.36. The average Bonchev–Trinajstić information content (AvgIpc) is 3.00. The molecule has 2 aromatic rings. The van der Waals surface area contributed by atoms with Crippen LogP contribution in [0.2, 0.25) is 0 Å². The van der Waals surface area contributed by atoms with E-state index in [-0.39, 0.29) is 17.9 Å². The first-order valence-electron chi connectivity index (χ1n) is 8.36. The number of tetrazole rings is 1. The molecule has 128 valence electrons. The molecule has 0 aliphatic carbocycles. The fourth-order valence-corrected chi connectivity index (χ4v) is 3.18. The van der Waals surface area contributed by atoms with E-state index in [9.17, 15) is 9.90 Å². The molecule has 7 nitrogen and oxygen atoms in total. The molecule has 0 radical (unpaired) electrons. The second kappa shape index (κ2) is 7.53. The van der Waals surface area contributed by atoms with Gasteiger partial charge < -0.3 is 10.0 Å². The van der Waals surface area contributed by atoms with Crippen molar-refractivity contribution >= 4 is 5.91 Å². The minimum atomic E-state index is -0.351. The summed E-state index contributed by atoms with van der Waals surface area (Å²) in [6.07, 6.45) is 1.45. The number of hydrogen-bond donors (Lipinski definition) is 1. The molecule has 2 atom stereocenters. The molecule has 7 heteroatoms. The molecule has 1 N–H and O–H groups in total. The summed E-state index contributed by atoms with van der Waals surface area (Å²) in [6, 6.07) is 10.1. The Hall–Kier alpha value is -2.28. The van der Waals surface area contributed by atoms with Gasteiger partial charge in [0.05, 0.1) is 12.6 Å². The van der Waals surface area contributed by atoms with Crippen LogP contribution in [0, 0.1) is 12.8 Å². The van der Waals surface area contributed by atoms with Gasteiger partial charge in [-0.25, -0.2) is 4.68 Å². The zero-order valence-electron chi connectivity index (χ0n) is 13.9. The van der Waals surface area contributed by atoms with Gasteiger partial charge in [0.2, 0.25) is 5.91 Å². The van der Waals surface area contributed by atoms with Crippen molar-refractivity contribution in [3.05, 3.63) is 41.7 Å². The van der Waals surface area contributed by atoms with Crippen LogP contribution in [0.3, 0.4) is 0 Å². The molecule has 1 aromatic heterocycles. The third-order valence-corrected chi connectivity index (χ3v) is 4.64. The van der Waals surface area contributed by atoms with Gasteiger partial charge in [-0.05, 0) is 35.8 Å². The van der Waals surface area contributed by atoms with Crippen molar-refractivity contribution in [1.82, 2.24) is 25.1 Å². The van der Waals surface area contributed by atoms with E-state index in [0.29, 0.717) is 38.3 Å². The lowest BCUT2D eigenvalue weighted by Crippen LogP contribution is -2.46. The maximum atomic E-state index is 12.5. The van der Waals surface area contributed by atoms with E-state index in [1.807, 2.05) is 30.0 Å². The molecule has 0 spiro atoms. The Morgan fingerprint density at radius 2 is 2.12 bits per heavy atom. The van der Waals surface area contributed by atoms with E-state index in [1.165, 1.54) is 5.56 Å². The van der Waals surface area contributed by atoms with Crippen molar-refractivity contribution in [2.24, 2.45) is 5.92 Å². The van der Waals surface area contributed by atoms with Crippen molar-refractivity contribution in [3.8, 4) is 0 Å². The van der Waals surface area contributed by atoms with Crippen molar-refractivity contribution in [2.75, 3.05) is 13.1 Å². The molecule has 1 aromatic carbocycles. The van der Waals surface area contributed by atoms with Crippen molar-refractivity contribution in [3.63, 3.8) is 0 Å². The van der Waals surface area contributed by atoms with Gasteiger partial charge in [0.15, 0.2) is 0 Å². The summed E-state index contributed by atoms with van der Waals surface area (Å²) in [5.41, 5.74) is 1.19. The number of benzene rings is 1. The Balaban J connectivity index is 1.56. The van der Waals surface area contributed by atoms with Crippen molar-refractivity contribution in [1.29, 1.82) is 0 Å². The van der Waals surface area contributed by atoms with E-state index in [1.54, 1.807) is 4.68 Å². The van der Waals surface area contributed by atoms with Gasteiger partial charge in [0.25, 0.3) is 0 Å². The molecule has 1 aliphatic rings. The predicted octanol–water partition coefficient (Wildman–Crippen LogP) is 0.824. The number of likely N-dealkylation sites (tertiary alicyclic amines) is 1. The van der Waals surface area contributed by atoms with E-state index in [4.69, 9.17) is 0 Å². The molecule has 0 saturated carbocycles. The molecule has 1 saturated heterocycles. The number of aliphatic hydroxyl groups is 1. The molecule has 0 bridgehead atoms. The normalized spacial score (nSPS) is 21.0. The van der Waals surface area contributed by atoms with Crippen LogP contribution in [-0.4, -0.2) is 55.3 Å². The van der Waals surface area contributed by atoms with Crippen molar-refractivity contribution in [2.45, 2.75) is 38.8 Å². The Morgan fingerprint density at radius 1 is 1.33 bits per heavy atom. The lowest BCUT2D eigenvalue weighted by atomic mass is 9.88. The summed E-state index contributed by atoms with van der Waals surface area (Å²) in [5, 5.41) is 21.5. The topological polar surface area (TPSA) is 84.1 Å². The van der Waals surface area contributed by atoms with Gasteiger partial charge in [0.1, 0.15) is 5.82 Å². The molecule has 1 aliphatic heterocycles. The molecule has 1 amide bonds. The van der Waals surface area contributed by atoms with Gasteiger partial charge in [-0.1, -0.05) is 30.3 Å². The van der Waals surface area contributed by atoms with Crippen LogP contribution in [0.4, 0.5) is 0 Å². The summed E-state index contributed by atoms with van der Waals surface area (Å²) >= 11 is 0. The number of hydrogen-bond acceptors (Lipinski definition) is 5. The zero-order valence-corrected chi connectivity index (χ0v) is 13.9.